The number of carbonyl (C=O) groups is 3. The van der Waals surface area contributed by atoms with Crippen LogP contribution in [-0.4, -0.2) is 85.7 Å². The van der Waals surface area contributed by atoms with E-state index < -0.39 is 50.6 Å². The van der Waals surface area contributed by atoms with Crippen molar-refractivity contribution in [2.45, 2.75) is 68.3 Å². The van der Waals surface area contributed by atoms with Gasteiger partial charge in [0.2, 0.25) is 27.7 Å². The zero-order chi connectivity index (χ0) is 33.3. The van der Waals surface area contributed by atoms with Crippen molar-refractivity contribution in [3.8, 4) is 28.9 Å². The molecule has 0 spiro atoms. The lowest BCUT2D eigenvalue weighted by atomic mass is 9.93. The van der Waals surface area contributed by atoms with E-state index in [0.29, 0.717) is 30.8 Å². The smallest absolute Gasteiger partial charge is 0.320 e. The molecule has 2 heterocycles. The number of nitrogens with zero attached hydrogens (tertiary/aromatic N) is 3. The fourth-order valence-electron chi connectivity index (χ4n) is 6.55. The minimum Gasteiger partial charge on any atom is -0.497 e. The minimum atomic E-state index is -3.82. The zero-order valence-corrected chi connectivity index (χ0v) is 27.6. The van der Waals surface area contributed by atoms with Gasteiger partial charge in [-0.3, -0.25) is 19.1 Å². The fraction of sp³-hybridized carbons (Fsp3) is 0.545. The van der Waals surface area contributed by atoms with Crippen molar-refractivity contribution in [3.63, 3.8) is 0 Å². The lowest BCUT2D eigenvalue weighted by molar-refractivity contribution is -0.140. The second-order valence-electron chi connectivity index (χ2n) is 12.9. The summed E-state index contributed by atoms with van der Waals surface area (Å²) in [5, 5.41) is 2.32. The van der Waals surface area contributed by atoms with Crippen LogP contribution in [0, 0.1) is 17.8 Å². The van der Waals surface area contributed by atoms with Crippen LogP contribution in [0.15, 0.2) is 42.5 Å². The number of aromatic nitrogens is 2. The third-order valence-electron chi connectivity index (χ3n) is 9.51. The van der Waals surface area contributed by atoms with Crippen LogP contribution in [0.4, 0.5) is 0 Å². The van der Waals surface area contributed by atoms with Gasteiger partial charge >= 0.3 is 6.01 Å². The average molecular weight is 668 g/mol. The number of sulfonamides is 1. The number of hydrogen-bond acceptors (Lipinski definition) is 10. The molecule has 0 radical (unpaired) electrons. The summed E-state index contributed by atoms with van der Waals surface area (Å²) in [6.07, 6.45) is 7.39. The maximum Gasteiger partial charge on any atom is 0.320 e. The Morgan fingerprint density at radius 1 is 1.06 bits per heavy atom. The number of nitrogens with one attached hydrogen (secondary N) is 2. The molecular formula is C33H41N5O8S. The quantitative estimate of drug-likeness (QED) is 0.400. The van der Waals surface area contributed by atoms with E-state index in [2.05, 4.69) is 20.0 Å². The largest absolute Gasteiger partial charge is 0.497 e. The van der Waals surface area contributed by atoms with Crippen LogP contribution in [0.25, 0.3) is 11.3 Å². The van der Waals surface area contributed by atoms with Crippen LogP contribution in [0.5, 0.6) is 17.6 Å². The Hall–Kier alpha value is -4.20. The first-order valence-corrected chi connectivity index (χ1v) is 17.6. The number of carbonyl (C=O) groups excluding carboxylic acids is 3. The number of rotatable bonds is 8. The number of ether oxygens (including phenoxy) is 3. The Balaban J connectivity index is 1.26. The summed E-state index contributed by atoms with van der Waals surface area (Å²) in [6, 6.07) is 9.11. The predicted molar refractivity (Wildman–Crippen MR) is 171 cm³/mol. The number of amides is 3. The molecule has 3 saturated carbocycles. The summed E-state index contributed by atoms with van der Waals surface area (Å²) in [4.78, 5) is 51.8. The van der Waals surface area contributed by atoms with Gasteiger partial charge in [-0.25, -0.2) is 8.42 Å². The topological polar surface area (TPSA) is 166 Å². The van der Waals surface area contributed by atoms with Crippen molar-refractivity contribution in [2.75, 3.05) is 27.8 Å². The second-order valence-corrected chi connectivity index (χ2v) is 14.8. The van der Waals surface area contributed by atoms with E-state index in [9.17, 15) is 22.8 Å². The number of benzene rings is 1. The van der Waals surface area contributed by atoms with Gasteiger partial charge in [0.15, 0.2) is 0 Å². The molecule has 1 aromatic heterocycles. The molecule has 47 heavy (non-hydrogen) atoms. The van der Waals surface area contributed by atoms with Crippen LogP contribution >= 0.6 is 0 Å². The first kappa shape index (κ1) is 32.7. The molecule has 14 heteroatoms. The normalized spacial score (nSPS) is 28.6. The van der Waals surface area contributed by atoms with Crippen molar-refractivity contribution in [3.05, 3.63) is 42.5 Å². The Kier molecular flexibility index (Phi) is 9.14. The molecule has 4 aliphatic rings. The Morgan fingerprint density at radius 3 is 2.60 bits per heavy atom. The SMILES string of the molecule is COc1cccc(-c2cc(O[C@@H]3C[C@H]4C(=O)N[C@]5(C(=O)NS(=O)(=O)C6CC6)C[C@H]5/C=C\CCCCN(C)C(=O)[C@@H]4C3)nc(OC)n2)c1. The van der Waals surface area contributed by atoms with Crippen LogP contribution in [-0.2, 0) is 24.4 Å². The van der Waals surface area contributed by atoms with E-state index in [1.54, 1.807) is 25.1 Å². The average Bonchev–Trinajstić information content (AvgIpc) is 3.99. The van der Waals surface area contributed by atoms with Crippen LogP contribution in [0.3, 0.4) is 0 Å². The van der Waals surface area contributed by atoms with Crippen LogP contribution < -0.4 is 24.2 Å². The summed E-state index contributed by atoms with van der Waals surface area (Å²) in [5.74, 6) is -2.39. The van der Waals surface area contributed by atoms with Gasteiger partial charge in [0, 0.05) is 31.1 Å². The molecule has 0 unspecified atom stereocenters. The molecular weight excluding hydrogens is 626 g/mol. The maximum atomic E-state index is 14.0. The van der Waals surface area contributed by atoms with Gasteiger partial charge < -0.3 is 24.4 Å². The highest BCUT2D eigenvalue weighted by atomic mass is 32.2. The summed E-state index contributed by atoms with van der Waals surface area (Å²) in [5.41, 5.74) is -0.104. The molecule has 3 fully saturated rings. The number of fused-ring (bicyclic) bond motifs is 2. The van der Waals surface area contributed by atoms with Gasteiger partial charge in [0.1, 0.15) is 17.4 Å². The van der Waals surface area contributed by atoms with Crippen molar-refractivity contribution in [2.24, 2.45) is 17.8 Å². The molecule has 0 bridgehead atoms. The van der Waals surface area contributed by atoms with E-state index in [0.717, 1.165) is 24.8 Å². The van der Waals surface area contributed by atoms with Crippen molar-refractivity contribution < 1.29 is 37.0 Å². The molecule has 2 N–H and O–H groups in total. The van der Waals surface area contributed by atoms with Gasteiger partial charge in [-0.05, 0) is 63.5 Å². The minimum absolute atomic E-state index is 0.0902. The van der Waals surface area contributed by atoms with Gasteiger partial charge in [-0.2, -0.15) is 9.97 Å². The predicted octanol–water partition coefficient (Wildman–Crippen LogP) is 2.62. The Morgan fingerprint density at radius 2 is 1.85 bits per heavy atom. The molecule has 13 nitrogen and oxygen atoms in total. The monoisotopic (exact) mass is 667 g/mol. The third kappa shape index (κ3) is 7.07. The summed E-state index contributed by atoms with van der Waals surface area (Å²) >= 11 is 0. The molecule has 2 aromatic rings. The molecule has 0 saturated heterocycles. The van der Waals surface area contributed by atoms with Gasteiger partial charge in [0.05, 0.1) is 37.0 Å². The fourth-order valence-corrected chi connectivity index (χ4v) is 7.91. The van der Waals surface area contributed by atoms with Crippen molar-refractivity contribution >= 4 is 27.7 Å². The van der Waals surface area contributed by atoms with Gasteiger partial charge in [0.25, 0.3) is 5.91 Å². The van der Waals surface area contributed by atoms with E-state index >= 15 is 0 Å². The molecule has 1 aliphatic heterocycles. The van der Waals surface area contributed by atoms with Crippen LogP contribution in [0.1, 0.15) is 51.4 Å². The highest BCUT2D eigenvalue weighted by Crippen LogP contribution is 2.47. The van der Waals surface area contributed by atoms with Crippen molar-refractivity contribution in [1.82, 2.24) is 24.9 Å². The Labute approximate surface area is 274 Å². The molecule has 5 atom stereocenters. The lowest BCUT2D eigenvalue weighted by Gasteiger charge is -2.26. The lowest BCUT2D eigenvalue weighted by Crippen LogP contribution is -2.54. The first-order chi connectivity index (χ1) is 22.5. The van der Waals surface area contributed by atoms with E-state index in [4.69, 9.17) is 14.2 Å². The van der Waals surface area contributed by atoms with E-state index in [-0.39, 0.29) is 43.0 Å². The number of methoxy groups -OCH3 is 2. The molecule has 6 rings (SSSR count). The molecule has 3 aliphatic carbocycles. The second kappa shape index (κ2) is 13.1. The molecule has 252 valence electrons. The van der Waals surface area contributed by atoms with E-state index in [1.807, 2.05) is 36.4 Å². The zero-order valence-electron chi connectivity index (χ0n) is 26.8. The highest BCUT2D eigenvalue weighted by molar-refractivity contribution is 7.91. The molecule has 1 aromatic carbocycles. The molecule has 3 amide bonds. The first-order valence-electron chi connectivity index (χ1n) is 16.1. The number of hydrogen-bond donors (Lipinski definition) is 2. The van der Waals surface area contributed by atoms with Crippen LogP contribution in [0.2, 0.25) is 0 Å². The summed E-state index contributed by atoms with van der Waals surface area (Å²) < 4.78 is 44.6. The summed E-state index contributed by atoms with van der Waals surface area (Å²) in [7, 11) is 0.943. The summed E-state index contributed by atoms with van der Waals surface area (Å²) in [6.45, 7) is 0.546. The third-order valence-corrected chi connectivity index (χ3v) is 11.3. The Bertz CT molecular complexity index is 1680. The van der Waals surface area contributed by atoms with Gasteiger partial charge in [-0.15, -0.1) is 0 Å². The van der Waals surface area contributed by atoms with E-state index in [1.165, 1.54) is 7.11 Å². The number of allylic oxidation sites excluding steroid dienone is 1. The van der Waals surface area contributed by atoms with Crippen molar-refractivity contribution in [1.29, 1.82) is 0 Å². The van der Waals surface area contributed by atoms with Gasteiger partial charge in [-0.1, -0.05) is 24.3 Å². The highest BCUT2D eigenvalue weighted by Gasteiger charge is 2.62. The standard InChI is InChI=1S/C33H41N5O8S/c1-38-14-7-5-4-6-10-21-19-33(21,31(41)37-47(42,43)24-12-13-24)36-29(39)25-16-23(17-26(25)30(38)40)46-28-18-27(34-32(35-28)45-3)20-9-8-11-22(15-20)44-2/h6,8-11,15,18,21,23-26H,4-5,7,12-14,16-17,19H2,1-3H3,(H,36,39)(H,37,41)/b10-6-/t21-,23-,25-,26-,33-/m1/s1. The maximum absolute atomic E-state index is 14.0.